The lowest BCUT2D eigenvalue weighted by molar-refractivity contribution is -0.522. The monoisotopic (exact) mass is 128 g/mol. The third-order valence-electron chi connectivity index (χ3n) is 1.10. The van der Waals surface area contributed by atoms with Gasteiger partial charge in [0, 0.05) is 4.92 Å². The van der Waals surface area contributed by atoms with Crippen LogP contribution in [0.15, 0.2) is 4.99 Å². The first-order valence-corrected chi connectivity index (χ1v) is 2.44. The summed E-state index contributed by atoms with van der Waals surface area (Å²) < 4.78 is 0. The highest BCUT2D eigenvalue weighted by Crippen LogP contribution is 2.04. The van der Waals surface area contributed by atoms with Gasteiger partial charge in [-0.3, -0.25) is 15.1 Å². The lowest BCUT2D eigenvalue weighted by atomic mass is 10.5. The minimum absolute atomic E-state index is 0.396. The Morgan fingerprint density at radius 1 is 1.89 bits per heavy atom. The number of nitro groups is 1. The summed E-state index contributed by atoms with van der Waals surface area (Å²) in [6, 6.07) is 0. The second-order valence-corrected chi connectivity index (χ2v) is 1.78. The average Bonchev–Trinajstić information content (AvgIpc) is 2.13. The van der Waals surface area contributed by atoms with Crippen LogP contribution in [0.2, 0.25) is 0 Å². The molecule has 0 aromatic heterocycles. The van der Waals surface area contributed by atoms with E-state index in [9.17, 15) is 10.1 Å². The van der Waals surface area contributed by atoms with E-state index >= 15 is 0 Å². The molecular weight excluding hydrogens is 122 g/mol. The van der Waals surface area contributed by atoms with Crippen LogP contribution >= 0.6 is 0 Å². The molecule has 1 aliphatic rings. The fourth-order valence-corrected chi connectivity index (χ4v) is 0.597. The van der Waals surface area contributed by atoms with Crippen molar-refractivity contribution in [1.29, 1.82) is 0 Å². The molecule has 1 unspecified atom stereocenters. The van der Waals surface area contributed by atoms with Crippen LogP contribution in [0.1, 0.15) is 0 Å². The molecule has 1 radical (unpaired) electrons. The number of hydrogen-bond acceptors (Lipinski definition) is 4. The molecule has 0 aromatic rings. The molecule has 1 heterocycles. The van der Waals surface area contributed by atoms with Gasteiger partial charge in [0.1, 0.15) is 6.67 Å². The molecule has 0 saturated carbocycles. The molecule has 1 atom stereocenters. The van der Waals surface area contributed by atoms with Crippen LogP contribution in [0.4, 0.5) is 0 Å². The minimum Gasteiger partial charge on any atom is -0.266 e. The summed E-state index contributed by atoms with van der Waals surface area (Å²) in [5.41, 5.74) is 0. The van der Waals surface area contributed by atoms with Gasteiger partial charge in [-0.05, 0) is 7.05 Å². The van der Waals surface area contributed by atoms with Gasteiger partial charge in [-0.2, -0.15) is 0 Å². The van der Waals surface area contributed by atoms with Crippen molar-refractivity contribution in [2.75, 3.05) is 7.05 Å². The number of aliphatic imine (C=N–C) groups is 1. The molecule has 5 nitrogen and oxygen atoms in total. The highest BCUT2D eigenvalue weighted by Gasteiger charge is 2.26. The Morgan fingerprint density at radius 2 is 2.56 bits per heavy atom. The van der Waals surface area contributed by atoms with Crippen LogP contribution in [-0.4, -0.2) is 29.3 Å². The SMILES string of the molecule is CN1[CH]N=CC1[N+](=O)[O-]. The predicted octanol–water partition coefficient (Wildman–Crippen LogP) is -0.275. The molecule has 1 aliphatic heterocycles. The van der Waals surface area contributed by atoms with E-state index in [4.69, 9.17) is 0 Å². The number of rotatable bonds is 1. The smallest absolute Gasteiger partial charge is 0.266 e. The summed E-state index contributed by atoms with van der Waals surface area (Å²) in [6.45, 7) is 1.42. The Bertz CT molecular complexity index is 156. The standard InChI is InChI=1S/C4H6N3O2/c1-6-3-5-2-4(6)7(8)9/h2-4H,1H3. The second kappa shape index (κ2) is 2.10. The van der Waals surface area contributed by atoms with E-state index in [0.717, 1.165) is 0 Å². The quantitative estimate of drug-likeness (QED) is 0.360. The van der Waals surface area contributed by atoms with E-state index in [1.807, 2.05) is 0 Å². The van der Waals surface area contributed by atoms with Gasteiger partial charge in [-0.25, -0.2) is 4.90 Å². The normalized spacial score (nSPS) is 27.0. The average molecular weight is 128 g/mol. The van der Waals surface area contributed by atoms with Crippen molar-refractivity contribution in [1.82, 2.24) is 4.90 Å². The maximum Gasteiger partial charge on any atom is 0.305 e. The van der Waals surface area contributed by atoms with Crippen molar-refractivity contribution in [3.63, 3.8) is 0 Å². The summed E-state index contributed by atoms with van der Waals surface area (Å²) in [7, 11) is 1.61. The second-order valence-electron chi connectivity index (χ2n) is 1.78. The van der Waals surface area contributed by atoms with Crippen LogP contribution < -0.4 is 0 Å². The molecule has 0 fully saturated rings. The Labute approximate surface area is 52.1 Å². The van der Waals surface area contributed by atoms with E-state index < -0.39 is 11.1 Å². The molecule has 1 rings (SSSR count). The first-order valence-electron chi connectivity index (χ1n) is 2.44. The van der Waals surface area contributed by atoms with Crippen LogP contribution in [0.3, 0.4) is 0 Å². The van der Waals surface area contributed by atoms with E-state index in [0.29, 0.717) is 0 Å². The molecule has 0 aromatic carbocycles. The van der Waals surface area contributed by atoms with Crippen molar-refractivity contribution in [3.05, 3.63) is 16.8 Å². The zero-order valence-corrected chi connectivity index (χ0v) is 4.89. The van der Waals surface area contributed by atoms with E-state index in [1.165, 1.54) is 17.8 Å². The number of nitrogens with zero attached hydrogens (tertiary/aromatic N) is 3. The highest BCUT2D eigenvalue weighted by atomic mass is 16.6. The molecule has 0 amide bonds. The Balaban J connectivity index is 2.59. The molecule has 0 spiro atoms. The molecule has 49 valence electrons. The highest BCUT2D eigenvalue weighted by molar-refractivity contribution is 5.64. The summed E-state index contributed by atoms with van der Waals surface area (Å²) >= 11 is 0. The molecule has 0 bridgehead atoms. The van der Waals surface area contributed by atoms with Gasteiger partial charge in [0.25, 0.3) is 0 Å². The summed E-state index contributed by atoms with van der Waals surface area (Å²) in [5.74, 6) is 0. The van der Waals surface area contributed by atoms with Crippen LogP contribution in [-0.2, 0) is 0 Å². The van der Waals surface area contributed by atoms with Gasteiger partial charge in [0.2, 0.25) is 0 Å². The molecule has 9 heavy (non-hydrogen) atoms. The predicted molar refractivity (Wildman–Crippen MR) is 31.3 cm³/mol. The van der Waals surface area contributed by atoms with Crippen LogP contribution in [0.5, 0.6) is 0 Å². The van der Waals surface area contributed by atoms with Crippen molar-refractivity contribution in [2.45, 2.75) is 6.17 Å². The number of hydrogen-bond donors (Lipinski definition) is 0. The molecule has 0 N–H and O–H groups in total. The summed E-state index contributed by atoms with van der Waals surface area (Å²) in [5, 5.41) is 10.1. The third-order valence-corrected chi connectivity index (χ3v) is 1.10. The van der Waals surface area contributed by atoms with Crippen LogP contribution in [0, 0.1) is 16.8 Å². The Hall–Kier alpha value is -0.970. The Kier molecular flexibility index (Phi) is 1.44. The Morgan fingerprint density at radius 3 is 2.78 bits per heavy atom. The first-order chi connectivity index (χ1) is 4.22. The van der Waals surface area contributed by atoms with E-state index in [-0.39, 0.29) is 0 Å². The minimum atomic E-state index is -0.759. The van der Waals surface area contributed by atoms with Crippen molar-refractivity contribution in [3.8, 4) is 0 Å². The molecule has 5 heteroatoms. The molecule has 0 saturated heterocycles. The van der Waals surface area contributed by atoms with Gasteiger partial charge < -0.3 is 0 Å². The van der Waals surface area contributed by atoms with Crippen molar-refractivity contribution >= 4 is 6.21 Å². The fourth-order valence-electron chi connectivity index (χ4n) is 0.597. The van der Waals surface area contributed by atoms with E-state index in [1.54, 1.807) is 7.05 Å². The summed E-state index contributed by atoms with van der Waals surface area (Å²) in [6.07, 6.45) is 0.532. The van der Waals surface area contributed by atoms with Gasteiger partial charge in [0.05, 0.1) is 6.21 Å². The molecular formula is C4H6N3O2. The lowest BCUT2D eigenvalue weighted by Gasteiger charge is -2.06. The van der Waals surface area contributed by atoms with E-state index in [2.05, 4.69) is 4.99 Å². The van der Waals surface area contributed by atoms with Crippen LogP contribution in [0.25, 0.3) is 0 Å². The summed E-state index contributed by atoms with van der Waals surface area (Å²) in [4.78, 5) is 14.7. The van der Waals surface area contributed by atoms with Gasteiger partial charge in [-0.1, -0.05) is 0 Å². The fraction of sp³-hybridized carbons (Fsp3) is 0.500. The topological polar surface area (TPSA) is 58.7 Å². The maximum atomic E-state index is 10.1. The van der Waals surface area contributed by atoms with Crippen molar-refractivity contribution < 1.29 is 4.92 Å². The van der Waals surface area contributed by atoms with Gasteiger partial charge in [0.15, 0.2) is 0 Å². The lowest BCUT2D eigenvalue weighted by Crippen LogP contribution is -2.33. The molecule has 0 aliphatic carbocycles. The third kappa shape index (κ3) is 1.05. The zero-order valence-electron chi connectivity index (χ0n) is 4.89. The van der Waals surface area contributed by atoms with Gasteiger partial charge >= 0.3 is 6.17 Å². The maximum absolute atomic E-state index is 10.1. The zero-order chi connectivity index (χ0) is 6.85. The first kappa shape index (κ1) is 6.15. The van der Waals surface area contributed by atoms with Crippen molar-refractivity contribution in [2.24, 2.45) is 4.99 Å². The largest absolute Gasteiger partial charge is 0.305 e. The van der Waals surface area contributed by atoms with Gasteiger partial charge in [-0.15, -0.1) is 0 Å².